The first-order chi connectivity index (χ1) is 9.83. The number of anilines is 1. The summed E-state index contributed by atoms with van der Waals surface area (Å²) in [5.41, 5.74) is 2.39. The molecule has 21 heavy (non-hydrogen) atoms. The number of hydrogen-bond donors (Lipinski definition) is 1. The van der Waals surface area contributed by atoms with Crippen LogP contribution in [0.3, 0.4) is 0 Å². The predicted molar refractivity (Wildman–Crippen MR) is 90.7 cm³/mol. The number of rotatable bonds is 9. The highest BCUT2D eigenvalue weighted by Crippen LogP contribution is 2.23. The SMILES string of the molecule is CCCNC(CCCS(C)(=O)=O)c1cccc(N(C)C)c1. The second-order valence-corrected chi connectivity index (χ2v) is 8.03. The van der Waals surface area contributed by atoms with E-state index >= 15 is 0 Å². The van der Waals surface area contributed by atoms with Crippen LogP contribution in [0.25, 0.3) is 0 Å². The summed E-state index contributed by atoms with van der Waals surface area (Å²) in [7, 11) is 1.17. The van der Waals surface area contributed by atoms with Crippen LogP contribution in [0.5, 0.6) is 0 Å². The van der Waals surface area contributed by atoms with E-state index in [0.29, 0.717) is 6.42 Å². The molecule has 0 fully saturated rings. The lowest BCUT2D eigenvalue weighted by molar-refractivity contribution is 0.492. The van der Waals surface area contributed by atoms with Crippen molar-refractivity contribution in [3.63, 3.8) is 0 Å². The first kappa shape index (κ1) is 18.0. The van der Waals surface area contributed by atoms with Gasteiger partial charge in [0.2, 0.25) is 0 Å². The molecule has 0 bridgehead atoms. The van der Waals surface area contributed by atoms with E-state index < -0.39 is 9.84 Å². The van der Waals surface area contributed by atoms with Gasteiger partial charge >= 0.3 is 0 Å². The van der Waals surface area contributed by atoms with Crippen molar-refractivity contribution in [3.05, 3.63) is 29.8 Å². The largest absolute Gasteiger partial charge is 0.378 e. The smallest absolute Gasteiger partial charge is 0.147 e. The fourth-order valence-corrected chi connectivity index (χ4v) is 2.97. The summed E-state index contributed by atoms with van der Waals surface area (Å²) >= 11 is 0. The molecule has 0 radical (unpaired) electrons. The van der Waals surface area contributed by atoms with Gasteiger partial charge in [-0.25, -0.2) is 8.42 Å². The molecule has 0 aliphatic carbocycles. The Bertz CT molecular complexity index is 527. The highest BCUT2D eigenvalue weighted by molar-refractivity contribution is 7.90. The van der Waals surface area contributed by atoms with Crippen molar-refractivity contribution < 1.29 is 8.42 Å². The quantitative estimate of drug-likeness (QED) is 0.761. The van der Waals surface area contributed by atoms with Crippen molar-refractivity contribution in [3.8, 4) is 0 Å². The predicted octanol–water partition coefficient (Wildman–Crippen LogP) is 2.62. The Morgan fingerprint density at radius 3 is 2.57 bits per heavy atom. The average molecular weight is 312 g/mol. The van der Waals surface area contributed by atoms with Gasteiger partial charge in [-0.3, -0.25) is 0 Å². The Labute approximate surface area is 129 Å². The van der Waals surface area contributed by atoms with Crippen LogP contribution < -0.4 is 10.2 Å². The Balaban J connectivity index is 2.78. The van der Waals surface area contributed by atoms with Crippen LogP contribution in [0.1, 0.15) is 37.8 Å². The molecule has 0 amide bonds. The molecule has 4 nitrogen and oxygen atoms in total. The summed E-state index contributed by atoms with van der Waals surface area (Å²) in [5.74, 6) is 0.255. The molecule has 1 aromatic carbocycles. The van der Waals surface area contributed by atoms with Gasteiger partial charge in [0, 0.05) is 37.8 Å². The van der Waals surface area contributed by atoms with Crippen LogP contribution >= 0.6 is 0 Å². The third-order valence-electron chi connectivity index (χ3n) is 3.44. The summed E-state index contributed by atoms with van der Waals surface area (Å²) in [4.78, 5) is 2.08. The lowest BCUT2D eigenvalue weighted by atomic mass is 10.0. The second kappa shape index (κ2) is 8.39. The lowest BCUT2D eigenvalue weighted by Gasteiger charge is -2.21. The van der Waals surface area contributed by atoms with Crippen LogP contribution in [-0.2, 0) is 9.84 Å². The minimum absolute atomic E-state index is 0.214. The molecule has 0 saturated heterocycles. The molecule has 1 rings (SSSR count). The molecule has 1 N–H and O–H groups in total. The van der Waals surface area contributed by atoms with E-state index in [4.69, 9.17) is 0 Å². The van der Waals surface area contributed by atoms with E-state index in [-0.39, 0.29) is 11.8 Å². The first-order valence-corrected chi connectivity index (χ1v) is 9.58. The number of sulfone groups is 1. The minimum atomic E-state index is -2.88. The molecule has 0 saturated carbocycles. The molecular weight excluding hydrogens is 284 g/mol. The molecule has 1 atom stereocenters. The number of benzene rings is 1. The fourth-order valence-electron chi connectivity index (χ4n) is 2.27. The normalized spacial score (nSPS) is 13.1. The summed E-state index contributed by atoms with van der Waals surface area (Å²) < 4.78 is 22.6. The van der Waals surface area contributed by atoms with Crippen molar-refractivity contribution in [2.45, 2.75) is 32.2 Å². The maximum Gasteiger partial charge on any atom is 0.147 e. The zero-order chi connectivity index (χ0) is 15.9. The average Bonchev–Trinajstić information content (AvgIpc) is 2.41. The number of nitrogens with zero attached hydrogens (tertiary/aromatic N) is 1. The summed E-state index contributed by atoms with van der Waals surface area (Å²) in [6.07, 6.45) is 3.89. The molecule has 0 spiro atoms. The van der Waals surface area contributed by atoms with Gasteiger partial charge in [0.15, 0.2) is 0 Å². The molecule has 5 heteroatoms. The van der Waals surface area contributed by atoms with E-state index in [1.165, 1.54) is 17.5 Å². The Kier molecular flexibility index (Phi) is 7.18. The van der Waals surface area contributed by atoms with E-state index in [1.54, 1.807) is 0 Å². The summed E-state index contributed by atoms with van der Waals surface area (Å²) in [6, 6.07) is 8.64. The molecule has 1 unspecified atom stereocenters. The number of hydrogen-bond acceptors (Lipinski definition) is 4. The van der Waals surface area contributed by atoms with Gasteiger partial charge in [-0.2, -0.15) is 0 Å². The maximum absolute atomic E-state index is 11.3. The van der Waals surface area contributed by atoms with Crippen LogP contribution in [-0.4, -0.2) is 41.1 Å². The maximum atomic E-state index is 11.3. The molecule has 0 aliphatic heterocycles. The number of nitrogens with one attached hydrogen (secondary N) is 1. The van der Waals surface area contributed by atoms with Gasteiger partial charge in [-0.15, -0.1) is 0 Å². The van der Waals surface area contributed by atoms with E-state index in [2.05, 4.69) is 41.4 Å². The molecule has 1 aromatic rings. The molecule has 0 aromatic heterocycles. The van der Waals surface area contributed by atoms with Gasteiger partial charge in [-0.05, 0) is 43.5 Å². The first-order valence-electron chi connectivity index (χ1n) is 7.52. The molecule has 120 valence electrons. The topological polar surface area (TPSA) is 49.4 Å². The van der Waals surface area contributed by atoms with Crippen LogP contribution in [0.2, 0.25) is 0 Å². The van der Waals surface area contributed by atoms with Crippen molar-refractivity contribution in [1.29, 1.82) is 0 Å². The molecule has 0 aliphatic rings. The van der Waals surface area contributed by atoms with Gasteiger partial charge in [-0.1, -0.05) is 19.1 Å². The second-order valence-electron chi connectivity index (χ2n) is 5.77. The molecular formula is C16H28N2O2S. The van der Waals surface area contributed by atoms with E-state index in [0.717, 1.165) is 19.4 Å². The minimum Gasteiger partial charge on any atom is -0.378 e. The van der Waals surface area contributed by atoms with Crippen molar-refractivity contribution >= 4 is 15.5 Å². The van der Waals surface area contributed by atoms with Gasteiger partial charge in [0.05, 0.1) is 0 Å². The monoisotopic (exact) mass is 312 g/mol. The lowest BCUT2D eigenvalue weighted by Crippen LogP contribution is -2.23. The van der Waals surface area contributed by atoms with Gasteiger partial charge in [0.25, 0.3) is 0 Å². The summed E-state index contributed by atoms with van der Waals surface area (Å²) in [6.45, 7) is 3.08. The Morgan fingerprint density at radius 1 is 1.29 bits per heavy atom. The Morgan fingerprint density at radius 2 is 2.00 bits per heavy atom. The fraction of sp³-hybridized carbons (Fsp3) is 0.625. The Hall–Kier alpha value is -1.07. The zero-order valence-corrected chi connectivity index (χ0v) is 14.4. The standard InChI is InChI=1S/C16H28N2O2S/c1-5-11-17-16(10-7-12-21(4,19)20)14-8-6-9-15(13-14)18(2)3/h6,8-9,13,16-17H,5,7,10-12H2,1-4H3. The van der Waals surface area contributed by atoms with Crippen LogP contribution in [0.4, 0.5) is 5.69 Å². The highest BCUT2D eigenvalue weighted by Gasteiger charge is 2.13. The van der Waals surface area contributed by atoms with Crippen LogP contribution in [0, 0.1) is 0 Å². The third-order valence-corrected chi connectivity index (χ3v) is 4.47. The molecule has 0 heterocycles. The van der Waals surface area contributed by atoms with Crippen molar-refractivity contribution in [2.24, 2.45) is 0 Å². The van der Waals surface area contributed by atoms with Crippen molar-refractivity contribution in [2.75, 3.05) is 37.5 Å². The van der Waals surface area contributed by atoms with E-state index in [1.807, 2.05) is 14.1 Å². The van der Waals surface area contributed by atoms with E-state index in [9.17, 15) is 8.42 Å². The zero-order valence-electron chi connectivity index (χ0n) is 13.6. The van der Waals surface area contributed by atoms with Gasteiger partial charge in [0.1, 0.15) is 9.84 Å². The van der Waals surface area contributed by atoms with Crippen molar-refractivity contribution in [1.82, 2.24) is 5.32 Å². The summed E-state index contributed by atoms with van der Waals surface area (Å²) in [5, 5.41) is 3.52. The highest BCUT2D eigenvalue weighted by atomic mass is 32.2. The van der Waals surface area contributed by atoms with Gasteiger partial charge < -0.3 is 10.2 Å². The van der Waals surface area contributed by atoms with Crippen LogP contribution in [0.15, 0.2) is 24.3 Å². The third kappa shape index (κ3) is 6.96.